The molecule has 1 atom stereocenters. The number of rotatable bonds is 7. The molecule has 0 bridgehead atoms. The molecule has 2 rings (SSSR count). The first kappa shape index (κ1) is 21.5. The lowest BCUT2D eigenvalue weighted by atomic mass is 10.00. The van der Waals surface area contributed by atoms with E-state index in [-0.39, 0.29) is 24.7 Å². The highest BCUT2D eigenvalue weighted by Gasteiger charge is 2.22. The molecule has 6 nitrogen and oxygen atoms in total. The van der Waals surface area contributed by atoms with Crippen molar-refractivity contribution in [3.63, 3.8) is 0 Å². The highest BCUT2D eigenvalue weighted by molar-refractivity contribution is 6.31. The Morgan fingerprint density at radius 1 is 1.29 bits per heavy atom. The van der Waals surface area contributed by atoms with E-state index in [1.807, 2.05) is 30.3 Å². The van der Waals surface area contributed by atoms with E-state index in [1.54, 1.807) is 20.0 Å². The molecule has 0 aliphatic rings. The first-order chi connectivity index (χ1) is 13.3. The lowest BCUT2D eigenvalue weighted by Crippen LogP contribution is -2.43. The normalized spacial score (nSPS) is 11.4. The first-order valence-corrected chi connectivity index (χ1v) is 9.04. The van der Waals surface area contributed by atoms with Crippen molar-refractivity contribution < 1.29 is 19.1 Å². The minimum Gasteiger partial charge on any atom is -0.430 e. The van der Waals surface area contributed by atoms with Gasteiger partial charge in [-0.3, -0.25) is 4.79 Å². The van der Waals surface area contributed by atoms with Crippen LogP contribution in [0.3, 0.4) is 0 Å². The molecule has 0 heterocycles. The van der Waals surface area contributed by atoms with Gasteiger partial charge in [-0.2, -0.15) is 0 Å². The number of likely N-dealkylation sites (N-methyl/N-ethyl adjacent to an activating group) is 1. The molecule has 0 unspecified atom stereocenters. The molecule has 2 N–H and O–H groups in total. The summed E-state index contributed by atoms with van der Waals surface area (Å²) in [6, 6.07) is 11.6. The van der Waals surface area contributed by atoms with Crippen LogP contribution in [0.5, 0.6) is 5.75 Å². The fourth-order valence-corrected chi connectivity index (χ4v) is 2.98. The Morgan fingerprint density at radius 2 is 1.96 bits per heavy atom. The van der Waals surface area contributed by atoms with E-state index < -0.39 is 12.2 Å². The number of halogens is 1. The number of aryl methyl sites for hydroxylation is 1. The zero-order chi connectivity index (χ0) is 20.7. The van der Waals surface area contributed by atoms with E-state index in [0.717, 1.165) is 16.8 Å². The molecule has 0 fully saturated rings. The average Bonchev–Trinajstić information content (AvgIpc) is 2.68. The van der Waals surface area contributed by atoms with Gasteiger partial charge in [-0.05, 0) is 48.7 Å². The summed E-state index contributed by atoms with van der Waals surface area (Å²) >= 11 is 6.34. The van der Waals surface area contributed by atoms with Gasteiger partial charge in [-0.1, -0.05) is 42.5 Å². The Hall–Kier alpha value is -2.83. The summed E-state index contributed by atoms with van der Waals surface area (Å²) in [5, 5.41) is 0.358. The zero-order valence-corrected chi connectivity index (χ0v) is 16.6. The molecule has 0 aromatic heterocycles. The molecule has 0 aliphatic heterocycles. The van der Waals surface area contributed by atoms with Crippen molar-refractivity contribution in [2.24, 2.45) is 5.73 Å². The molecule has 0 saturated carbocycles. The van der Waals surface area contributed by atoms with Gasteiger partial charge >= 0.3 is 6.16 Å². The van der Waals surface area contributed by atoms with Gasteiger partial charge in [0.15, 0.2) is 0 Å². The molecule has 0 aliphatic carbocycles. The molecule has 148 valence electrons. The minimum atomic E-state index is -0.848. The number of hydrogen-bond acceptors (Lipinski definition) is 5. The quantitative estimate of drug-likeness (QED) is 0.431. The van der Waals surface area contributed by atoms with Gasteiger partial charge in [0.1, 0.15) is 12.4 Å². The van der Waals surface area contributed by atoms with E-state index in [0.29, 0.717) is 5.02 Å². The number of benzene rings is 2. The van der Waals surface area contributed by atoms with Crippen molar-refractivity contribution in [3.8, 4) is 5.75 Å². The fourth-order valence-electron chi connectivity index (χ4n) is 2.65. The van der Waals surface area contributed by atoms with Gasteiger partial charge < -0.3 is 20.1 Å². The maximum atomic E-state index is 12.6. The van der Waals surface area contributed by atoms with Gasteiger partial charge in [-0.25, -0.2) is 4.79 Å². The highest BCUT2D eigenvalue weighted by Crippen LogP contribution is 2.28. The maximum absolute atomic E-state index is 12.6. The van der Waals surface area contributed by atoms with E-state index >= 15 is 0 Å². The summed E-state index contributed by atoms with van der Waals surface area (Å²) in [4.78, 5) is 25.7. The lowest BCUT2D eigenvalue weighted by molar-refractivity contribution is -0.119. The molecular weight excluding hydrogens is 380 g/mol. The number of hydrogen-bond donors (Lipinski definition) is 1. The maximum Gasteiger partial charge on any atom is 0.514 e. The Bertz CT molecular complexity index is 832. The predicted octanol–water partition coefficient (Wildman–Crippen LogP) is 3.88. The topological polar surface area (TPSA) is 81.9 Å². The number of nitrogens with zero attached hydrogens (tertiary/aromatic N) is 1. The number of amides is 1. The van der Waals surface area contributed by atoms with Gasteiger partial charge in [0, 0.05) is 17.8 Å². The van der Waals surface area contributed by atoms with Crippen LogP contribution in [0.15, 0.2) is 55.1 Å². The molecule has 28 heavy (non-hydrogen) atoms. The van der Waals surface area contributed by atoms with Crippen molar-refractivity contribution in [1.82, 2.24) is 0 Å². The Balaban J connectivity index is 2.09. The molecule has 2 aromatic carbocycles. The van der Waals surface area contributed by atoms with Crippen molar-refractivity contribution in [2.75, 3.05) is 18.6 Å². The highest BCUT2D eigenvalue weighted by atomic mass is 35.5. The summed E-state index contributed by atoms with van der Waals surface area (Å²) in [6.45, 7) is 5.31. The summed E-state index contributed by atoms with van der Waals surface area (Å²) in [5.41, 5.74) is 8.36. The molecule has 7 heteroatoms. The van der Waals surface area contributed by atoms with Crippen molar-refractivity contribution in [2.45, 2.75) is 19.4 Å². The van der Waals surface area contributed by atoms with Crippen LogP contribution in [0.25, 0.3) is 0 Å². The van der Waals surface area contributed by atoms with Crippen LogP contribution in [0.1, 0.15) is 11.1 Å². The van der Waals surface area contributed by atoms with Gasteiger partial charge in [0.25, 0.3) is 0 Å². The van der Waals surface area contributed by atoms with Crippen LogP contribution < -0.4 is 15.4 Å². The largest absolute Gasteiger partial charge is 0.514 e. The van der Waals surface area contributed by atoms with E-state index in [4.69, 9.17) is 26.8 Å². The second-order valence-corrected chi connectivity index (χ2v) is 6.60. The second-order valence-electron chi connectivity index (χ2n) is 6.20. The number of nitrogens with two attached hydrogens (primary N) is 1. The zero-order valence-electron chi connectivity index (χ0n) is 15.9. The number of carbonyl (C=O) groups is 2. The summed E-state index contributed by atoms with van der Waals surface area (Å²) in [6.07, 6.45) is 0.842. The third kappa shape index (κ3) is 5.58. The summed E-state index contributed by atoms with van der Waals surface area (Å²) in [7, 11) is 1.68. The summed E-state index contributed by atoms with van der Waals surface area (Å²) < 4.78 is 9.86. The molecule has 0 saturated heterocycles. The smallest absolute Gasteiger partial charge is 0.430 e. The van der Waals surface area contributed by atoms with Crippen LogP contribution in [0.2, 0.25) is 5.02 Å². The second kappa shape index (κ2) is 9.92. The fraction of sp³-hybridized carbons (Fsp3) is 0.238. The van der Waals surface area contributed by atoms with Crippen LogP contribution in [-0.4, -0.2) is 31.8 Å². The van der Waals surface area contributed by atoms with E-state index in [2.05, 4.69) is 6.58 Å². The van der Waals surface area contributed by atoms with Gasteiger partial charge in [0.2, 0.25) is 5.91 Å². The minimum absolute atomic E-state index is 0.0511. The Labute approximate surface area is 169 Å². The monoisotopic (exact) mass is 402 g/mol. The number of ether oxygens (including phenoxy) is 2. The van der Waals surface area contributed by atoms with Crippen LogP contribution >= 0.6 is 11.6 Å². The van der Waals surface area contributed by atoms with E-state index in [9.17, 15) is 9.59 Å². The van der Waals surface area contributed by atoms with Gasteiger partial charge in [0.05, 0.1) is 6.04 Å². The van der Waals surface area contributed by atoms with Crippen LogP contribution in [0.4, 0.5) is 10.5 Å². The Morgan fingerprint density at radius 3 is 2.57 bits per heavy atom. The standard InChI is InChI=1S/C21H23ClN2O4/c1-4-10-27-21(26)28-16-11-14(2)17(18(22)12-16)13-19(23)20(25)24(3)15-8-6-5-7-9-15/h4-9,11-12,19H,1,10,13,23H2,2-3H3/t19-/m0/s1. The van der Waals surface area contributed by atoms with Crippen molar-refractivity contribution in [1.29, 1.82) is 0 Å². The lowest BCUT2D eigenvalue weighted by Gasteiger charge is -2.22. The predicted molar refractivity (Wildman–Crippen MR) is 110 cm³/mol. The SMILES string of the molecule is C=CCOC(=O)Oc1cc(C)c(C[C@H](N)C(=O)N(C)c2ccccc2)c(Cl)c1. The first-order valence-electron chi connectivity index (χ1n) is 8.66. The van der Waals surface area contributed by atoms with Crippen molar-refractivity contribution in [3.05, 3.63) is 71.3 Å². The number of anilines is 1. The van der Waals surface area contributed by atoms with Crippen LogP contribution in [0, 0.1) is 6.92 Å². The summed E-state index contributed by atoms with van der Waals surface area (Å²) in [5.74, 6) is 0.0246. The molecule has 0 radical (unpaired) electrons. The Kier molecular flexibility index (Phi) is 7.61. The van der Waals surface area contributed by atoms with Gasteiger partial charge in [-0.15, -0.1) is 0 Å². The average molecular weight is 403 g/mol. The third-order valence-electron chi connectivity index (χ3n) is 4.13. The van der Waals surface area contributed by atoms with Crippen molar-refractivity contribution >= 4 is 29.4 Å². The number of para-hydroxylation sites is 1. The van der Waals surface area contributed by atoms with Crippen LogP contribution in [-0.2, 0) is 16.0 Å². The number of carbonyl (C=O) groups excluding carboxylic acids is 2. The van der Waals surface area contributed by atoms with E-state index in [1.165, 1.54) is 17.0 Å². The third-order valence-corrected chi connectivity index (χ3v) is 4.46. The molecule has 2 aromatic rings. The molecular formula is C21H23ClN2O4. The molecule has 1 amide bonds. The molecule has 0 spiro atoms.